The molecule has 1 saturated carbocycles. The van der Waals surface area contributed by atoms with E-state index in [1.54, 1.807) is 6.26 Å². The zero-order valence-corrected chi connectivity index (χ0v) is 15.7. The van der Waals surface area contributed by atoms with Crippen molar-refractivity contribution in [3.63, 3.8) is 0 Å². The van der Waals surface area contributed by atoms with Crippen LogP contribution in [0.15, 0.2) is 46.0 Å². The number of aromatic nitrogens is 1. The van der Waals surface area contributed by atoms with E-state index in [-0.39, 0.29) is 0 Å². The van der Waals surface area contributed by atoms with Gasteiger partial charge in [0.2, 0.25) is 5.89 Å². The van der Waals surface area contributed by atoms with Gasteiger partial charge in [-0.25, -0.2) is 4.98 Å². The number of hydrogen-bond donors (Lipinski definition) is 2. The summed E-state index contributed by atoms with van der Waals surface area (Å²) in [7, 11) is 1.81. The van der Waals surface area contributed by atoms with Crippen molar-refractivity contribution in [2.45, 2.75) is 43.5 Å². The first-order chi connectivity index (χ1) is 12.3. The molecule has 1 aromatic heterocycles. The van der Waals surface area contributed by atoms with Gasteiger partial charge in [-0.05, 0) is 37.7 Å². The van der Waals surface area contributed by atoms with Crippen molar-refractivity contribution in [3.05, 3.63) is 42.3 Å². The van der Waals surface area contributed by atoms with Crippen LogP contribution in [0.5, 0.6) is 0 Å². The Labute approximate surface area is 153 Å². The average molecular weight is 359 g/mol. The number of nitrogens with zero attached hydrogens (tertiary/aromatic N) is 2. The third kappa shape index (κ3) is 5.01. The highest BCUT2D eigenvalue weighted by Gasteiger charge is 2.21. The highest BCUT2D eigenvalue weighted by molar-refractivity contribution is 7.99. The van der Waals surface area contributed by atoms with Crippen LogP contribution in [0.3, 0.4) is 0 Å². The number of aliphatic imine (C=N–C) groups is 1. The summed E-state index contributed by atoms with van der Waals surface area (Å²) in [5.41, 5.74) is 1.86. The molecule has 0 bridgehead atoms. The Morgan fingerprint density at radius 3 is 2.92 bits per heavy atom. The Morgan fingerprint density at radius 2 is 2.16 bits per heavy atom. The Kier molecular flexibility index (Phi) is 6.39. The monoisotopic (exact) mass is 358 g/mol. The smallest absolute Gasteiger partial charge is 0.226 e. The highest BCUT2D eigenvalue weighted by Crippen LogP contribution is 2.26. The first-order valence-electron chi connectivity index (χ1n) is 8.78. The van der Waals surface area contributed by atoms with Gasteiger partial charge in [-0.15, -0.1) is 0 Å². The molecule has 5 nitrogen and oxygen atoms in total. The summed E-state index contributed by atoms with van der Waals surface area (Å²) in [6.45, 7) is 0.592. The molecule has 0 amide bonds. The molecule has 134 valence electrons. The second-order valence-electron chi connectivity index (χ2n) is 6.30. The number of thioether (sulfide) groups is 1. The van der Waals surface area contributed by atoms with Gasteiger partial charge in [0.15, 0.2) is 5.96 Å². The van der Waals surface area contributed by atoms with Gasteiger partial charge < -0.3 is 15.1 Å². The van der Waals surface area contributed by atoms with Crippen molar-refractivity contribution in [2.75, 3.05) is 13.3 Å². The van der Waals surface area contributed by atoms with Gasteiger partial charge in [-0.2, -0.15) is 11.8 Å². The second-order valence-corrected chi connectivity index (χ2v) is 7.44. The molecule has 0 aliphatic heterocycles. The van der Waals surface area contributed by atoms with Crippen molar-refractivity contribution >= 4 is 17.7 Å². The standard InChI is InChI=1S/C19H26N4OS/c1-20-19(23-15-9-6-10-17(11-15)25-2)21-12-16-13-24-18(22-16)14-7-4-3-5-8-14/h3-5,7-8,13,15,17H,6,9-12H2,1-2H3,(H2,20,21,23). The molecular formula is C19H26N4OS. The van der Waals surface area contributed by atoms with Crippen LogP contribution in [0.1, 0.15) is 31.4 Å². The SMILES string of the molecule is CN=C(NCc1coc(-c2ccccc2)n1)NC1CCCC(SC)C1. The molecule has 0 spiro atoms. The number of oxazole rings is 1. The van der Waals surface area contributed by atoms with Crippen LogP contribution in [-0.4, -0.2) is 35.5 Å². The van der Waals surface area contributed by atoms with Gasteiger partial charge in [0.1, 0.15) is 6.26 Å². The van der Waals surface area contributed by atoms with Crippen LogP contribution in [-0.2, 0) is 6.54 Å². The quantitative estimate of drug-likeness (QED) is 0.631. The average Bonchev–Trinajstić information content (AvgIpc) is 3.15. The Bertz CT molecular complexity index is 686. The van der Waals surface area contributed by atoms with Crippen molar-refractivity contribution < 1.29 is 4.42 Å². The summed E-state index contributed by atoms with van der Waals surface area (Å²) in [4.78, 5) is 8.89. The summed E-state index contributed by atoms with van der Waals surface area (Å²) >= 11 is 1.97. The lowest BCUT2D eigenvalue weighted by atomic mass is 9.95. The van der Waals surface area contributed by atoms with Crippen LogP contribution in [0.2, 0.25) is 0 Å². The van der Waals surface area contributed by atoms with Crippen LogP contribution < -0.4 is 10.6 Å². The molecule has 25 heavy (non-hydrogen) atoms. The molecule has 6 heteroatoms. The maximum atomic E-state index is 5.58. The molecule has 2 aromatic rings. The largest absolute Gasteiger partial charge is 0.444 e. The maximum absolute atomic E-state index is 5.58. The lowest BCUT2D eigenvalue weighted by Gasteiger charge is -2.29. The van der Waals surface area contributed by atoms with Crippen molar-refractivity contribution in [1.29, 1.82) is 0 Å². The fourth-order valence-corrected chi connectivity index (χ4v) is 3.98. The van der Waals surface area contributed by atoms with E-state index >= 15 is 0 Å². The van der Waals surface area contributed by atoms with Gasteiger partial charge in [0, 0.05) is 23.9 Å². The summed E-state index contributed by atoms with van der Waals surface area (Å²) in [5, 5.41) is 7.64. The molecule has 2 atom stereocenters. The van der Waals surface area contributed by atoms with Gasteiger partial charge >= 0.3 is 0 Å². The van der Waals surface area contributed by atoms with E-state index in [4.69, 9.17) is 4.42 Å². The Morgan fingerprint density at radius 1 is 1.32 bits per heavy atom. The molecule has 1 aromatic carbocycles. The molecule has 0 saturated heterocycles. The predicted octanol–water partition coefficient (Wildman–Crippen LogP) is 3.68. The van der Waals surface area contributed by atoms with E-state index in [1.807, 2.05) is 49.1 Å². The fourth-order valence-electron chi connectivity index (χ4n) is 3.15. The van der Waals surface area contributed by atoms with Crippen LogP contribution >= 0.6 is 11.8 Å². The number of guanidine groups is 1. The normalized spacial score (nSPS) is 21.1. The van der Waals surface area contributed by atoms with E-state index in [2.05, 4.69) is 26.9 Å². The first kappa shape index (κ1) is 17.9. The molecule has 0 radical (unpaired) electrons. The lowest BCUT2D eigenvalue weighted by Crippen LogP contribution is -2.45. The van der Waals surface area contributed by atoms with E-state index in [0.29, 0.717) is 18.5 Å². The first-order valence-corrected chi connectivity index (χ1v) is 10.1. The van der Waals surface area contributed by atoms with E-state index in [0.717, 1.165) is 22.5 Å². The van der Waals surface area contributed by atoms with Crippen molar-refractivity contribution in [2.24, 2.45) is 4.99 Å². The van der Waals surface area contributed by atoms with Gasteiger partial charge in [-0.1, -0.05) is 24.6 Å². The fraction of sp³-hybridized carbons (Fsp3) is 0.474. The zero-order valence-electron chi connectivity index (χ0n) is 14.9. The minimum Gasteiger partial charge on any atom is -0.444 e. The number of rotatable bonds is 5. The minimum atomic E-state index is 0.495. The Balaban J connectivity index is 1.52. The zero-order chi connectivity index (χ0) is 17.5. The molecule has 3 rings (SSSR count). The van der Waals surface area contributed by atoms with Crippen molar-refractivity contribution in [1.82, 2.24) is 15.6 Å². The number of benzene rings is 1. The predicted molar refractivity (Wildman–Crippen MR) is 105 cm³/mol. The summed E-state index contributed by atoms with van der Waals surface area (Å²) in [6.07, 6.45) is 8.92. The van der Waals surface area contributed by atoms with Gasteiger partial charge in [-0.3, -0.25) is 4.99 Å². The molecule has 1 aliphatic rings. The third-order valence-electron chi connectivity index (χ3n) is 4.53. The Hall–Kier alpha value is -1.95. The molecule has 2 N–H and O–H groups in total. The van der Waals surface area contributed by atoms with Crippen LogP contribution in [0.4, 0.5) is 0 Å². The number of nitrogens with one attached hydrogen (secondary N) is 2. The van der Waals surface area contributed by atoms with E-state index < -0.39 is 0 Å². The summed E-state index contributed by atoms with van der Waals surface area (Å²) < 4.78 is 5.58. The van der Waals surface area contributed by atoms with Crippen molar-refractivity contribution in [3.8, 4) is 11.5 Å². The highest BCUT2D eigenvalue weighted by atomic mass is 32.2. The molecule has 1 heterocycles. The van der Waals surface area contributed by atoms with Crippen LogP contribution in [0, 0.1) is 0 Å². The maximum Gasteiger partial charge on any atom is 0.226 e. The minimum absolute atomic E-state index is 0.495. The van der Waals surface area contributed by atoms with Gasteiger partial charge in [0.25, 0.3) is 0 Å². The molecular weight excluding hydrogens is 332 g/mol. The third-order valence-corrected chi connectivity index (χ3v) is 5.63. The van der Waals surface area contributed by atoms with E-state index in [1.165, 1.54) is 25.7 Å². The second kappa shape index (κ2) is 8.94. The van der Waals surface area contributed by atoms with Gasteiger partial charge in [0.05, 0.1) is 12.2 Å². The summed E-state index contributed by atoms with van der Waals surface area (Å²) in [6, 6.07) is 10.4. The van der Waals surface area contributed by atoms with Crippen LogP contribution in [0.25, 0.3) is 11.5 Å². The molecule has 2 unspecified atom stereocenters. The van der Waals surface area contributed by atoms with E-state index in [9.17, 15) is 0 Å². The molecule has 1 aliphatic carbocycles. The lowest BCUT2D eigenvalue weighted by molar-refractivity contribution is 0.419. The molecule has 1 fully saturated rings. The topological polar surface area (TPSA) is 62.5 Å². The number of hydrogen-bond acceptors (Lipinski definition) is 4. The summed E-state index contributed by atoms with van der Waals surface area (Å²) in [5.74, 6) is 1.48.